The van der Waals surface area contributed by atoms with Gasteiger partial charge in [0.15, 0.2) is 9.84 Å². The first kappa shape index (κ1) is 16.7. The Bertz CT molecular complexity index is 813. The fraction of sp³-hybridized carbons (Fsp3) is 0.316. The van der Waals surface area contributed by atoms with Crippen LogP contribution in [0.5, 0.6) is 0 Å². The summed E-state index contributed by atoms with van der Waals surface area (Å²) in [4.78, 5) is 14.0. The van der Waals surface area contributed by atoms with Crippen molar-refractivity contribution in [1.82, 2.24) is 4.90 Å². The minimum atomic E-state index is -3.03. The van der Waals surface area contributed by atoms with Gasteiger partial charge in [0.2, 0.25) is 5.91 Å². The van der Waals surface area contributed by atoms with E-state index >= 15 is 0 Å². The van der Waals surface area contributed by atoms with E-state index in [9.17, 15) is 13.2 Å². The van der Waals surface area contributed by atoms with Crippen LogP contribution in [0.3, 0.4) is 0 Å². The van der Waals surface area contributed by atoms with E-state index in [0.29, 0.717) is 13.0 Å². The van der Waals surface area contributed by atoms with E-state index in [-0.39, 0.29) is 23.3 Å². The van der Waals surface area contributed by atoms with Gasteiger partial charge in [0.1, 0.15) is 0 Å². The fourth-order valence-corrected chi connectivity index (χ4v) is 4.82. The highest BCUT2D eigenvalue weighted by molar-refractivity contribution is 7.91. The van der Waals surface area contributed by atoms with Crippen molar-refractivity contribution in [3.63, 3.8) is 0 Å². The monoisotopic (exact) mass is 343 g/mol. The van der Waals surface area contributed by atoms with E-state index in [4.69, 9.17) is 0 Å². The van der Waals surface area contributed by atoms with Crippen LogP contribution in [0.25, 0.3) is 11.1 Å². The molecular weight excluding hydrogens is 322 g/mol. The number of hydrogen-bond donors (Lipinski definition) is 0. The second-order valence-corrected chi connectivity index (χ2v) is 8.59. The molecule has 1 unspecified atom stereocenters. The Kier molecular flexibility index (Phi) is 4.71. The molecule has 2 aromatic carbocycles. The van der Waals surface area contributed by atoms with Gasteiger partial charge in [-0.15, -0.1) is 0 Å². The zero-order valence-electron chi connectivity index (χ0n) is 13.7. The molecule has 3 rings (SSSR count). The number of nitrogens with zero attached hydrogens (tertiary/aromatic N) is 1. The third-order valence-corrected chi connectivity index (χ3v) is 6.21. The molecule has 1 saturated heterocycles. The first-order valence-electron chi connectivity index (χ1n) is 8.04. The Hall–Kier alpha value is -2.14. The Morgan fingerprint density at radius 3 is 2.25 bits per heavy atom. The van der Waals surface area contributed by atoms with E-state index in [0.717, 1.165) is 16.7 Å². The van der Waals surface area contributed by atoms with Crippen molar-refractivity contribution < 1.29 is 13.2 Å². The van der Waals surface area contributed by atoms with Crippen molar-refractivity contribution in [3.8, 4) is 11.1 Å². The molecule has 1 aliphatic rings. The van der Waals surface area contributed by atoms with Gasteiger partial charge in [-0.05, 0) is 23.1 Å². The highest BCUT2D eigenvalue weighted by Crippen LogP contribution is 2.22. The molecule has 0 radical (unpaired) electrons. The molecule has 1 fully saturated rings. The lowest BCUT2D eigenvalue weighted by Gasteiger charge is -2.20. The molecule has 126 valence electrons. The topological polar surface area (TPSA) is 54.5 Å². The molecule has 1 amide bonds. The number of hydrogen-bond acceptors (Lipinski definition) is 3. The molecule has 0 spiro atoms. The lowest BCUT2D eigenvalue weighted by atomic mass is 10.0. The fourth-order valence-electron chi connectivity index (χ4n) is 3.09. The van der Waals surface area contributed by atoms with Gasteiger partial charge >= 0.3 is 0 Å². The summed E-state index contributed by atoms with van der Waals surface area (Å²) in [6.07, 6.45) is 0.443. The van der Waals surface area contributed by atoms with Crippen LogP contribution in [0.2, 0.25) is 0 Å². The van der Waals surface area contributed by atoms with Gasteiger partial charge in [-0.3, -0.25) is 4.79 Å². The Labute approximate surface area is 143 Å². The summed E-state index contributed by atoms with van der Waals surface area (Å²) in [6.45, 7) is 0.491. The van der Waals surface area contributed by atoms with E-state index in [1.54, 1.807) is 11.9 Å². The maximum Gasteiger partial charge on any atom is 0.226 e. The van der Waals surface area contributed by atoms with Crippen LogP contribution in [0.4, 0.5) is 0 Å². The molecule has 1 atom stereocenters. The SMILES string of the molecule is CN(Cc1ccc(-c2ccccc2)cc1)C(=O)C1CCS(=O)(=O)C1. The predicted octanol–water partition coefficient (Wildman–Crippen LogP) is 2.75. The lowest BCUT2D eigenvalue weighted by Crippen LogP contribution is -2.33. The van der Waals surface area contributed by atoms with Gasteiger partial charge in [0.05, 0.1) is 17.4 Å². The van der Waals surface area contributed by atoms with Gasteiger partial charge in [-0.2, -0.15) is 0 Å². The van der Waals surface area contributed by atoms with Crippen molar-refractivity contribution in [2.24, 2.45) is 5.92 Å². The van der Waals surface area contributed by atoms with Crippen LogP contribution in [0.15, 0.2) is 54.6 Å². The number of benzene rings is 2. The molecule has 0 aliphatic carbocycles. The highest BCUT2D eigenvalue weighted by Gasteiger charge is 2.34. The Balaban J connectivity index is 1.64. The average molecular weight is 343 g/mol. The van der Waals surface area contributed by atoms with Crippen LogP contribution in [0.1, 0.15) is 12.0 Å². The number of carbonyl (C=O) groups is 1. The maximum absolute atomic E-state index is 12.4. The van der Waals surface area contributed by atoms with Crippen LogP contribution < -0.4 is 0 Å². The molecule has 0 bridgehead atoms. The first-order valence-corrected chi connectivity index (χ1v) is 9.86. The summed E-state index contributed by atoms with van der Waals surface area (Å²) in [7, 11) is -1.30. The summed E-state index contributed by atoms with van der Waals surface area (Å²) in [6, 6.07) is 18.2. The number of amides is 1. The van der Waals surface area contributed by atoms with Gasteiger partial charge in [0, 0.05) is 13.6 Å². The normalized spacial score (nSPS) is 19.1. The summed E-state index contributed by atoms with van der Waals surface area (Å²) >= 11 is 0. The molecule has 5 heteroatoms. The van der Waals surface area contributed by atoms with Crippen molar-refractivity contribution in [2.75, 3.05) is 18.6 Å². The first-order chi connectivity index (χ1) is 11.4. The third kappa shape index (κ3) is 3.85. The highest BCUT2D eigenvalue weighted by atomic mass is 32.2. The summed E-state index contributed by atoms with van der Waals surface area (Å²) in [5.41, 5.74) is 3.33. The maximum atomic E-state index is 12.4. The number of rotatable bonds is 4. The van der Waals surface area contributed by atoms with Crippen LogP contribution in [0, 0.1) is 5.92 Å². The van der Waals surface area contributed by atoms with Gasteiger partial charge in [-0.1, -0.05) is 54.6 Å². The molecule has 4 nitrogen and oxygen atoms in total. The molecule has 2 aromatic rings. The molecule has 0 saturated carbocycles. The lowest BCUT2D eigenvalue weighted by molar-refractivity contribution is -0.133. The Morgan fingerprint density at radius 1 is 1.04 bits per heavy atom. The second kappa shape index (κ2) is 6.77. The minimum Gasteiger partial charge on any atom is -0.341 e. The van der Waals surface area contributed by atoms with Gasteiger partial charge < -0.3 is 4.90 Å². The van der Waals surface area contributed by atoms with Gasteiger partial charge in [0.25, 0.3) is 0 Å². The quantitative estimate of drug-likeness (QED) is 0.858. The van der Waals surface area contributed by atoms with E-state index in [1.807, 2.05) is 42.5 Å². The van der Waals surface area contributed by atoms with Crippen molar-refractivity contribution in [3.05, 3.63) is 60.2 Å². The Morgan fingerprint density at radius 2 is 1.67 bits per heavy atom. The molecule has 0 N–H and O–H groups in total. The average Bonchev–Trinajstić information content (AvgIpc) is 2.95. The van der Waals surface area contributed by atoms with E-state index < -0.39 is 9.84 Å². The number of carbonyl (C=O) groups excluding carboxylic acids is 1. The third-order valence-electron chi connectivity index (χ3n) is 4.44. The van der Waals surface area contributed by atoms with Crippen LogP contribution in [-0.4, -0.2) is 37.8 Å². The smallest absolute Gasteiger partial charge is 0.226 e. The zero-order chi connectivity index (χ0) is 17.2. The summed E-state index contributed by atoms with van der Waals surface area (Å²) < 4.78 is 23.1. The van der Waals surface area contributed by atoms with E-state index in [2.05, 4.69) is 12.1 Å². The number of sulfone groups is 1. The van der Waals surface area contributed by atoms with E-state index in [1.165, 1.54) is 0 Å². The molecular formula is C19H21NO3S. The molecule has 1 aliphatic heterocycles. The zero-order valence-corrected chi connectivity index (χ0v) is 14.5. The van der Waals surface area contributed by atoms with Crippen molar-refractivity contribution in [1.29, 1.82) is 0 Å². The van der Waals surface area contributed by atoms with Crippen LogP contribution >= 0.6 is 0 Å². The molecule has 1 heterocycles. The predicted molar refractivity (Wildman–Crippen MR) is 95.1 cm³/mol. The molecule has 24 heavy (non-hydrogen) atoms. The standard InChI is InChI=1S/C19H21NO3S/c1-20(19(21)18-11-12-24(22,23)14-18)13-15-7-9-17(10-8-15)16-5-3-2-4-6-16/h2-10,18H,11-14H2,1H3. The summed E-state index contributed by atoms with van der Waals surface area (Å²) in [5, 5.41) is 0. The second-order valence-electron chi connectivity index (χ2n) is 6.36. The molecule has 0 aromatic heterocycles. The van der Waals surface area contributed by atoms with Crippen LogP contribution in [-0.2, 0) is 21.2 Å². The van der Waals surface area contributed by atoms with Gasteiger partial charge in [-0.25, -0.2) is 8.42 Å². The summed E-state index contributed by atoms with van der Waals surface area (Å²) in [5.74, 6) is -0.349. The van der Waals surface area contributed by atoms with Crippen molar-refractivity contribution >= 4 is 15.7 Å². The largest absolute Gasteiger partial charge is 0.341 e. The minimum absolute atomic E-state index is 0.0108. The van der Waals surface area contributed by atoms with Crippen molar-refractivity contribution in [2.45, 2.75) is 13.0 Å².